The molecule has 1 aromatic heterocycles. The SMILES string of the molecule is CCC(C)C(NC(=O)C(N)Cc1cnc[nH]1)C(=O)NC(CCCN=C(N)N)C(=O)O. The van der Waals surface area contributed by atoms with E-state index < -0.39 is 35.9 Å². The Morgan fingerprint density at radius 3 is 2.50 bits per heavy atom. The summed E-state index contributed by atoms with van der Waals surface area (Å²) in [5.74, 6) is -2.59. The number of rotatable bonds is 13. The van der Waals surface area contributed by atoms with E-state index in [1.807, 2.05) is 6.92 Å². The number of nitrogens with one attached hydrogen (secondary N) is 3. The largest absolute Gasteiger partial charge is 0.480 e. The fourth-order valence-corrected chi connectivity index (χ4v) is 2.71. The van der Waals surface area contributed by atoms with Crippen LogP contribution in [0.5, 0.6) is 0 Å². The smallest absolute Gasteiger partial charge is 0.326 e. The van der Waals surface area contributed by atoms with E-state index in [-0.39, 0.29) is 31.3 Å². The van der Waals surface area contributed by atoms with Gasteiger partial charge in [0.25, 0.3) is 0 Å². The van der Waals surface area contributed by atoms with Gasteiger partial charge in [-0.2, -0.15) is 0 Å². The lowest BCUT2D eigenvalue weighted by Crippen LogP contribution is -2.57. The van der Waals surface area contributed by atoms with E-state index in [4.69, 9.17) is 17.2 Å². The normalized spacial score (nSPS) is 14.8. The van der Waals surface area contributed by atoms with Gasteiger partial charge in [0.05, 0.1) is 12.4 Å². The van der Waals surface area contributed by atoms with Crippen LogP contribution < -0.4 is 27.8 Å². The van der Waals surface area contributed by atoms with Crippen LogP contribution in [0.25, 0.3) is 0 Å². The van der Waals surface area contributed by atoms with Gasteiger partial charge in [0, 0.05) is 24.9 Å². The number of aliphatic carboxylic acids is 1. The number of amides is 2. The standard InChI is InChI=1S/C18H32N8O4/c1-3-10(2)14(26-15(27)12(19)7-11-8-22-9-24-11)16(28)25-13(17(29)30)5-4-6-23-18(20)21/h8-10,12-14H,3-7,19H2,1-2H3,(H,22,24)(H,25,28)(H,26,27)(H,29,30)(H4,20,21,23). The highest BCUT2D eigenvalue weighted by molar-refractivity contribution is 5.92. The molecule has 168 valence electrons. The van der Waals surface area contributed by atoms with Crippen molar-refractivity contribution in [2.24, 2.45) is 28.1 Å². The molecule has 0 saturated carbocycles. The van der Waals surface area contributed by atoms with Gasteiger partial charge in [0.2, 0.25) is 11.8 Å². The van der Waals surface area contributed by atoms with E-state index in [1.165, 1.54) is 6.33 Å². The van der Waals surface area contributed by atoms with Crippen LogP contribution >= 0.6 is 0 Å². The molecule has 0 aromatic carbocycles. The Hall–Kier alpha value is -3.15. The van der Waals surface area contributed by atoms with Crippen LogP contribution in [0, 0.1) is 5.92 Å². The molecular formula is C18H32N8O4. The lowest BCUT2D eigenvalue weighted by Gasteiger charge is -2.26. The minimum atomic E-state index is -1.18. The molecule has 4 atom stereocenters. The number of nitrogens with zero attached hydrogens (tertiary/aromatic N) is 2. The summed E-state index contributed by atoms with van der Waals surface area (Å²) in [5, 5.41) is 14.5. The Bertz CT molecular complexity index is 718. The van der Waals surface area contributed by atoms with Crippen LogP contribution in [0.4, 0.5) is 0 Å². The van der Waals surface area contributed by atoms with Gasteiger partial charge in [-0.15, -0.1) is 0 Å². The molecule has 1 aromatic rings. The van der Waals surface area contributed by atoms with Crippen molar-refractivity contribution in [2.45, 2.75) is 57.7 Å². The number of hydrogen-bond donors (Lipinski definition) is 7. The summed E-state index contributed by atoms with van der Waals surface area (Å²) in [4.78, 5) is 47.3. The van der Waals surface area contributed by atoms with Crippen molar-refractivity contribution >= 4 is 23.7 Å². The van der Waals surface area contributed by atoms with E-state index in [0.717, 1.165) is 0 Å². The Balaban J connectivity index is 2.74. The fraction of sp³-hybridized carbons (Fsp3) is 0.611. The molecule has 1 heterocycles. The molecular weight excluding hydrogens is 392 g/mol. The zero-order valence-corrected chi connectivity index (χ0v) is 17.3. The van der Waals surface area contributed by atoms with E-state index >= 15 is 0 Å². The van der Waals surface area contributed by atoms with E-state index in [0.29, 0.717) is 18.5 Å². The maximum atomic E-state index is 12.8. The summed E-state index contributed by atoms with van der Waals surface area (Å²) in [6.07, 6.45) is 4.36. The summed E-state index contributed by atoms with van der Waals surface area (Å²) in [6, 6.07) is -2.94. The van der Waals surface area contributed by atoms with Crippen molar-refractivity contribution < 1.29 is 19.5 Å². The molecule has 0 aliphatic rings. The predicted octanol–water partition coefficient (Wildman–Crippen LogP) is -1.57. The van der Waals surface area contributed by atoms with Crippen molar-refractivity contribution in [3.05, 3.63) is 18.2 Å². The zero-order valence-electron chi connectivity index (χ0n) is 17.3. The summed E-state index contributed by atoms with van der Waals surface area (Å²) >= 11 is 0. The average Bonchev–Trinajstić information content (AvgIpc) is 3.19. The molecule has 30 heavy (non-hydrogen) atoms. The third kappa shape index (κ3) is 8.47. The number of aromatic amines is 1. The second kappa shape index (κ2) is 12.4. The first-order chi connectivity index (χ1) is 14.1. The first kappa shape index (κ1) is 24.9. The quantitative estimate of drug-likeness (QED) is 0.111. The monoisotopic (exact) mass is 424 g/mol. The molecule has 0 aliphatic carbocycles. The van der Waals surface area contributed by atoms with Crippen molar-refractivity contribution in [1.29, 1.82) is 0 Å². The highest BCUT2D eigenvalue weighted by Crippen LogP contribution is 2.10. The molecule has 0 saturated heterocycles. The number of hydrogen-bond acceptors (Lipinski definition) is 6. The van der Waals surface area contributed by atoms with Crippen LogP contribution in [0.2, 0.25) is 0 Å². The molecule has 4 unspecified atom stereocenters. The van der Waals surface area contributed by atoms with Crippen molar-refractivity contribution in [1.82, 2.24) is 20.6 Å². The average molecular weight is 425 g/mol. The van der Waals surface area contributed by atoms with Gasteiger partial charge in [-0.05, 0) is 18.8 Å². The highest BCUT2D eigenvalue weighted by atomic mass is 16.4. The first-order valence-electron chi connectivity index (χ1n) is 9.77. The summed E-state index contributed by atoms with van der Waals surface area (Å²) in [5.41, 5.74) is 17.1. The third-order valence-electron chi connectivity index (χ3n) is 4.68. The number of carbonyl (C=O) groups excluding carboxylic acids is 2. The number of aromatic nitrogens is 2. The molecule has 12 nitrogen and oxygen atoms in total. The molecule has 12 heteroatoms. The number of carboxylic acids is 1. The number of nitrogens with two attached hydrogens (primary N) is 3. The van der Waals surface area contributed by atoms with Gasteiger partial charge in [-0.3, -0.25) is 14.6 Å². The van der Waals surface area contributed by atoms with Crippen LogP contribution in [0.1, 0.15) is 38.8 Å². The lowest BCUT2D eigenvalue weighted by atomic mass is 9.97. The number of imidazole rings is 1. The van der Waals surface area contributed by atoms with Crippen LogP contribution in [-0.4, -0.2) is 63.5 Å². The number of carboxylic acid groups (broad SMARTS) is 1. The maximum Gasteiger partial charge on any atom is 0.326 e. The van der Waals surface area contributed by atoms with Crippen LogP contribution in [0.3, 0.4) is 0 Å². The van der Waals surface area contributed by atoms with Crippen molar-refractivity contribution in [3.63, 3.8) is 0 Å². The number of guanidine groups is 1. The van der Waals surface area contributed by atoms with Crippen LogP contribution in [0.15, 0.2) is 17.5 Å². The van der Waals surface area contributed by atoms with E-state index in [9.17, 15) is 19.5 Å². The summed E-state index contributed by atoms with van der Waals surface area (Å²) in [7, 11) is 0. The summed E-state index contributed by atoms with van der Waals surface area (Å²) in [6.45, 7) is 3.90. The number of H-pyrrole nitrogens is 1. The minimum Gasteiger partial charge on any atom is -0.480 e. The second-order valence-electron chi connectivity index (χ2n) is 7.11. The Morgan fingerprint density at radius 1 is 1.27 bits per heavy atom. The molecule has 0 spiro atoms. The molecule has 0 bridgehead atoms. The van der Waals surface area contributed by atoms with Gasteiger partial charge < -0.3 is 37.9 Å². The van der Waals surface area contributed by atoms with Gasteiger partial charge in [-0.1, -0.05) is 20.3 Å². The van der Waals surface area contributed by atoms with Crippen molar-refractivity contribution in [2.75, 3.05) is 6.54 Å². The molecule has 1 rings (SSSR count). The lowest BCUT2D eigenvalue weighted by molar-refractivity contribution is -0.142. The van der Waals surface area contributed by atoms with Gasteiger partial charge in [0.1, 0.15) is 12.1 Å². The Kier molecular flexibility index (Phi) is 10.3. The van der Waals surface area contributed by atoms with E-state index in [2.05, 4.69) is 25.6 Å². The van der Waals surface area contributed by atoms with Gasteiger partial charge in [-0.25, -0.2) is 9.78 Å². The summed E-state index contributed by atoms with van der Waals surface area (Å²) < 4.78 is 0. The molecule has 0 aliphatic heterocycles. The molecule has 0 fully saturated rings. The molecule has 10 N–H and O–H groups in total. The first-order valence-corrected chi connectivity index (χ1v) is 9.77. The van der Waals surface area contributed by atoms with Crippen LogP contribution in [-0.2, 0) is 20.8 Å². The second-order valence-corrected chi connectivity index (χ2v) is 7.11. The van der Waals surface area contributed by atoms with E-state index in [1.54, 1.807) is 13.1 Å². The van der Waals surface area contributed by atoms with Gasteiger partial charge in [0.15, 0.2) is 5.96 Å². The fourth-order valence-electron chi connectivity index (χ4n) is 2.71. The Labute approximate surface area is 175 Å². The highest BCUT2D eigenvalue weighted by Gasteiger charge is 2.31. The number of carbonyl (C=O) groups is 3. The molecule has 0 radical (unpaired) electrons. The predicted molar refractivity (Wildman–Crippen MR) is 111 cm³/mol. The zero-order chi connectivity index (χ0) is 22.7. The third-order valence-corrected chi connectivity index (χ3v) is 4.68. The Morgan fingerprint density at radius 2 is 1.97 bits per heavy atom. The van der Waals surface area contributed by atoms with Gasteiger partial charge >= 0.3 is 5.97 Å². The number of aliphatic imine (C=N–C) groups is 1. The minimum absolute atomic E-state index is 0.0862. The maximum absolute atomic E-state index is 12.8. The topological polar surface area (TPSA) is 215 Å². The molecule has 2 amide bonds. The van der Waals surface area contributed by atoms with Crippen molar-refractivity contribution in [3.8, 4) is 0 Å².